The Hall–Kier alpha value is -0.230. The maximum atomic E-state index is 12.7. The summed E-state index contributed by atoms with van der Waals surface area (Å²) in [5.74, 6) is -1.85. The maximum absolute atomic E-state index is 12.7. The second-order valence-electron chi connectivity index (χ2n) is 1.99. The number of aliphatic hydroxyl groups is 1. The fourth-order valence-electron chi connectivity index (χ4n) is 0.688. The Kier molecular flexibility index (Phi) is 2.78. The summed E-state index contributed by atoms with van der Waals surface area (Å²) in [5.41, 5.74) is -0.0112. The van der Waals surface area contributed by atoms with Crippen LogP contribution in [0.1, 0.15) is 5.56 Å². The van der Waals surface area contributed by atoms with E-state index in [1.54, 1.807) is 22.6 Å². The van der Waals surface area contributed by atoms with Crippen LogP contribution in [-0.2, 0) is 6.61 Å². The van der Waals surface area contributed by atoms with Crippen molar-refractivity contribution in [3.05, 3.63) is 32.9 Å². The number of hydrogen-bond donors (Lipinski definition) is 1. The zero-order valence-electron chi connectivity index (χ0n) is 5.44. The van der Waals surface area contributed by atoms with Crippen LogP contribution in [0, 0.1) is 15.2 Å². The van der Waals surface area contributed by atoms with Gasteiger partial charge in [-0.05, 0) is 28.7 Å². The van der Waals surface area contributed by atoms with Crippen molar-refractivity contribution in [3.8, 4) is 0 Å². The summed E-state index contributed by atoms with van der Waals surface area (Å²) >= 11 is 1.69. The topological polar surface area (TPSA) is 20.2 Å². The predicted octanol–water partition coefficient (Wildman–Crippen LogP) is 2.06. The van der Waals surface area contributed by atoms with E-state index in [1.807, 2.05) is 0 Å². The van der Waals surface area contributed by atoms with Gasteiger partial charge in [-0.25, -0.2) is 8.78 Å². The Morgan fingerprint density at radius 3 is 2.45 bits per heavy atom. The van der Waals surface area contributed by atoms with Crippen LogP contribution in [-0.4, -0.2) is 5.11 Å². The molecule has 11 heavy (non-hydrogen) atoms. The molecule has 1 aromatic carbocycles. The van der Waals surface area contributed by atoms with Crippen molar-refractivity contribution in [2.24, 2.45) is 0 Å². The first-order valence-corrected chi connectivity index (χ1v) is 3.98. The van der Waals surface area contributed by atoms with E-state index in [9.17, 15) is 8.78 Å². The molecule has 1 aromatic rings. The van der Waals surface area contributed by atoms with Gasteiger partial charge in [-0.3, -0.25) is 0 Å². The van der Waals surface area contributed by atoms with E-state index in [1.165, 1.54) is 12.1 Å². The van der Waals surface area contributed by atoms with Gasteiger partial charge < -0.3 is 5.11 Å². The van der Waals surface area contributed by atoms with E-state index in [4.69, 9.17) is 5.11 Å². The van der Waals surface area contributed by atoms with E-state index >= 15 is 0 Å². The number of hydrogen-bond acceptors (Lipinski definition) is 1. The lowest BCUT2D eigenvalue weighted by Gasteiger charge is -2.00. The third-order valence-electron chi connectivity index (χ3n) is 1.29. The van der Waals surface area contributed by atoms with E-state index in [-0.39, 0.29) is 9.13 Å². The second-order valence-corrected chi connectivity index (χ2v) is 3.15. The first-order chi connectivity index (χ1) is 5.16. The Bertz CT molecular complexity index is 275. The highest BCUT2D eigenvalue weighted by Gasteiger charge is 2.09. The molecule has 1 N–H and O–H groups in total. The van der Waals surface area contributed by atoms with Crippen molar-refractivity contribution in [2.45, 2.75) is 6.61 Å². The van der Waals surface area contributed by atoms with Gasteiger partial charge in [0.15, 0.2) is 11.6 Å². The van der Waals surface area contributed by atoms with Crippen molar-refractivity contribution in [2.75, 3.05) is 0 Å². The van der Waals surface area contributed by atoms with Crippen molar-refractivity contribution < 1.29 is 13.9 Å². The van der Waals surface area contributed by atoms with Gasteiger partial charge in [0.1, 0.15) is 0 Å². The largest absolute Gasteiger partial charge is 0.392 e. The molecule has 0 bridgehead atoms. The minimum absolute atomic E-state index is 0.0112. The molecule has 0 heterocycles. The Morgan fingerprint density at radius 2 is 1.91 bits per heavy atom. The summed E-state index contributed by atoms with van der Waals surface area (Å²) in [6.45, 7) is -0.473. The maximum Gasteiger partial charge on any atom is 0.172 e. The molecule has 60 valence electrons. The fraction of sp³-hybridized carbons (Fsp3) is 0.143. The lowest BCUT2D eigenvalue weighted by Crippen LogP contribution is -1.95. The van der Waals surface area contributed by atoms with Crippen LogP contribution < -0.4 is 0 Å². The van der Waals surface area contributed by atoms with Gasteiger partial charge in [-0.2, -0.15) is 0 Å². The Balaban J connectivity index is 3.25. The predicted molar refractivity (Wildman–Crippen MR) is 45.0 cm³/mol. The second kappa shape index (κ2) is 3.44. The molecule has 0 aliphatic rings. The summed E-state index contributed by atoms with van der Waals surface area (Å²) in [6, 6.07) is 2.78. The SMILES string of the molecule is OCc1ccc(I)c(F)c1F. The molecule has 0 atom stereocenters. The van der Waals surface area contributed by atoms with Gasteiger partial charge >= 0.3 is 0 Å². The third-order valence-corrected chi connectivity index (χ3v) is 2.12. The molecular weight excluding hydrogens is 265 g/mol. The van der Waals surface area contributed by atoms with Gasteiger partial charge in [-0.15, -0.1) is 0 Å². The molecule has 1 nitrogen and oxygen atoms in total. The van der Waals surface area contributed by atoms with Gasteiger partial charge in [0, 0.05) is 5.56 Å². The first kappa shape index (κ1) is 8.86. The summed E-state index contributed by atoms with van der Waals surface area (Å²) in [4.78, 5) is 0. The standard InChI is InChI=1S/C7H5F2IO/c8-6-4(3-11)1-2-5(10)7(6)9/h1-2,11H,3H2. The number of benzene rings is 1. The van der Waals surface area contributed by atoms with Crippen molar-refractivity contribution in [1.29, 1.82) is 0 Å². The first-order valence-electron chi connectivity index (χ1n) is 2.90. The fourth-order valence-corrected chi connectivity index (χ4v) is 1.10. The molecule has 0 unspecified atom stereocenters. The molecule has 0 spiro atoms. The lowest BCUT2D eigenvalue weighted by molar-refractivity contribution is 0.273. The molecule has 0 radical (unpaired) electrons. The molecule has 4 heteroatoms. The van der Waals surface area contributed by atoms with E-state index < -0.39 is 18.2 Å². The molecular formula is C7H5F2IO. The molecule has 0 amide bonds. The highest BCUT2D eigenvalue weighted by Crippen LogP contribution is 2.17. The number of halogens is 3. The molecule has 0 saturated carbocycles. The van der Waals surface area contributed by atoms with Crippen LogP contribution in [0.15, 0.2) is 12.1 Å². The smallest absolute Gasteiger partial charge is 0.172 e. The Labute approximate surface area is 76.2 Å². The minimum Gasteiger partial charge on any atom is -0.392 e. The van der Waals surface area contributed by atoms with Crippen molar-refractivity contribution in [1.82, 2.24) is 0 Å². The van der Waals surface area contributed by atoms with Crippen LogP contribution in [0.25, 0.3) is 0 Å². The van der Waals surface area contributed by atoms with Crippen LogP contribution >= 0.6 is 22.6 Å². The summed E-state index contributed by atoms with van der Waals surface area (Å²) in [5, 5.41) is 8.52. The molecule has 0 fully saturated rings. The highest BCUT2D eigenvalue weighted by atomic mass is 127. The monoisotopic (exact) mass is 270 g/mol. The molecule has 0 aromatic heterocycles. The average molecular weight is 270 g/mol. The molecule has 1 rings (SSSR count). The Morgan fingerprint density at radius 1 is 1.27 bits per heavy atom. The van der Waals surface area contributed by atoms with Gasteiger partial charge in [0.2, 0.25) is 0 Å². The highest BCUT2D eigenvalue weighted by molar-refractivity contribution is 14.1. The summed E-state index contributed by atoms with van der Waals surface area (Å²) in [6.07, 6.45) is 0. The van der Waals surface area contributed by atoms with Crippen LogP contribution in [0.5, 0.6) is 0 Å². The molecule has 0 saturated heterocycles. The third kappa shape index (κ3) is 1.67. The number of rotatable bonds is 1. The van der Waals surface area contributed by atoms with Crippen LogP contribution in [0.4, 0.5) is 8.78 Å². The van der Waals surface area contributed by atoms with E-state index in [0.717, 1.165) is 0 Å². The average Bonchev–Trinajstić information content (AvgIpc) is 2.01. The lowest BCUT2D eigenvalue weighted by atomic mass is 10.2. The normalized spacial score (nSPS) is 10.2. The molecule has 0 aliphatic heterocycles. The van der Waals surface area contributed by atoms with Gasteiger partial charge in [0.25, 0.3) is 0 Å². The van der Waals surface area contributed by atoms with Crippen LogP contribution in [0.2, 0.25) is 0 Å². The zero-order chi connectivity index (χ0) is 8.43. The zero-order valence-corrected chi connectivity index (χ0v) is 7.60. The van der Waals surface area contributed by atoms with E-state index in [0.29, 0.717) is 0 Å². The molecule has 0 aliphatic carbocycles. The summed E-state index contributed by atoms with van der Waals surface area (Å²) < 4.78 is 25.6. The van der Waals surface area contributed by atoms with Crippen molar-refractivity contribution in [3.63, 3.8) is 0 Å². The number of aliphatic hydroxyl groups excluding tert-OH is 1. The van der Waals surface area contributed by atoms with E-state index in [2.05, 4.69) is 0 Å². The minimum atomic E-state index is -0.959. The van der Waals surface area contributed by atoms with Gasteiger partial charge in [0.05, 0.1) is 10.2 Å². The van der Waals surface area contributed by atoms with Gasteiger partial charge in [-0.1, -0.05) is 6.07 Å². The van der Waals surface area contributed by atoms with Crippen molar-refractivity contribution >= 4 is 22.6 Å². The quantitative estimate of drug-likeness (QED) is 0.611. The van der Waals surface area contributed by atoms with Crippen LogP contribution in [0.3, 0.4) is 0 Å². The summed E-state index contributed by atoms with van der Waals surface area (Å²) in [7, 11) is 0.